The maximum absolute atomic E-state index is 14.7. The number of carbonyl (C=O) groups excluding carboxylic acids is 9. The van der Waals surface area contributed by atoms with Crippen LogP contribution in [0.25, 0.3) is 10.9 Å². The summed E-state index contributed by atoms with van der Waals surface area (Å²) in [4.78, 5) is 151. The number of aromatic hydroxyl groups is 1. The van der Waals surface area contributed by atoms with E-state index in [0.29, 0.717) is 17.5 Å². The van der Waals surface area contributed by atoms with Gasteiger partial charge in [0.05, 0.1) is 12.6 Å². The number of carboxylic acids is 1. The van der Waals surface area contributed by atoms with E-state index < -0.39 is 120 Å². The number of phenols is 1. The molecule has 0 aliphatic carbocycles. The number of para-hydroxylation sites is 1. The average molecular weight is 1300 g/mol. The standard InChI is InChI=1S/C64H103N17O12/c1-34(2)25-46(76-54(84)43(65)16-13-23-70-63(66)67)58(88)79-49(28-37(7)8)60(90)78-47(26-35(3)4)57(87)75-45(18-14-24-71-64(68)69)56(86)77-48(27-36(5)6)59(89)80-50(29-38(9)10)61(91)81-51(31-40-32-72-44-17-12-11-15-42(40)44)55(85)73-33-53(83)74-52(62(92)93)30-39-19-21-41(82)22-20-39/h11-12,15,17,19-22,32,34-38,43,45-52,72,82H,13-14,16,18,23-31,33,65H2,1-10H3,(H,73,85)(H,74,83)(H,75,87)(H,76,84)(H,77,86)(H,78,90)(H,79,88)(H,80,89)(H,81,91)(H,92,93)(H4,66,67,70)(H4,68,69,71)/t43-,45-,46-,47-,48-,49-,50-,51-,52-/m0/s1. The van der Waals surface area contributed by atoms with Crippen LogP contribution in [0.4, 0.5) is 0 Å². The highest BCUT2D eigenvalue weighted by molar-refractivity contribution is 5.98. The average Bonchev–Trinajstić information content (AvgIpc) is 1.75. The van der Waals surface area contributed by atoms with Crippen molar-refractivity contribution in [1.82, 2.24) is 52.8 Å². The highest BCUT2D eigenvalue weighted by Crippen LogP contribution is 2.21. The lowest BCUT2D eigenvalue weighted by molar-refractivity contribution is -0.141. The van der Waals surface area contributed by atoms with Gasteiger partial charge in [-0.3, -0.25) is 53.1 Å². The Kier molecular flexibility index (Phi) is 33.1. The number of nitrogens with zero attached hydrogens (tertiary/aromatic N) is 2. The molecule has 93 heavy (non-hydrogen) atoms. The molecule has 9 amide bonds. The molecule has 3 rings (SSSR count). The van der Waals surface area contributed by atoms with Gasteiger partial charge in [-0.2, -0.15) is 0 Å². The molecule has 1 aromatic heterocycles. The SMILES string of the molecule is CC(C)C[C@H](NC(=O)[C@H](CC(C)C)NC(=O)[C@H](CCCN=C(N)N)NC(=O)[C@H](CC(C)C)NC(=O)[C@H](CC(C)C)NC(=O)[C@H](CC(C)C)NC(=O)[C@@H](N)CCCN=C(N)N)C(=O)N[C@@H](Cc1c[nH]c2ccccc12)C(=O)NCC(=O)N[C@@H](Cc1ccc(O)cc1)C(=O)O. The van der Waals surface area contributed by atoms with Gasteiger partial charge in [-0.1, -0.05) is 99.6 Å². The van der Waals surface area contributed by atoms with Gasteiger partial charge in [0.25, 0.3) is 0 Å². The van der Waals surface area contributed by atoms with E-state index in [1.807, 2.05) is 87.4 Å². The van der Waals surface area contributed by atoms with Crippen molar-refractivity contribution in [3.63, 3.8) is 0 Å². The van der Waals surface area contributed by atoms with E-state index in [0.717, 1.165) is 10.9 Å². The number of nitrogens with two attached hydrogens (primary N) is 5. The molecule has 0 aliphatic rings. The zero-order chi connectivity index (χ0) is 69.6. The highest BCUT2D eigenvalue weighted by atomic mass is 16.4. The molecule has 29 nitrogen and oxygen atoms in total. The second kappa shape index (κ2) is 39.4. The largest absolute Gasteiger partial charge is 0.508 e. The van der Waals surface area contributed by atoms with E-state index in [2.05, 4.69) is 62.8 Å². The van der Waals surface area contributed by atoms with Crippen LogP contribution in [-0.4, -0.2) is 160 Å². The number of aromatic amines is 1. The monoisotopic (exact) mass is 1300 g/mol. The number of rotatable bonds is 41. The van der Waals surface area contributed by atoms with Crippen LogP contribution in [-0.2, 0) is 60.8 Å². The first-order chi connectivity index (χ1) is 43.7. The Morgan fingerprint density at radius 1 is 0.462 bits per heavy atom. The molecule has 22 N–H and O–H groups in total. The predicted molar refractivity (Wildman–Crippen MR) is 355 cm³/mol. The van der Waals surface area contributed by atoms with E-state index in [4.69, 9.17) is 28.7 Å². The van der Waals surface area contributed by atoms with Crippen molar-refractivity contribution in [1.29, 1.82) is 0 Å². The third-order valence-electron chi connectivity index (χ3n) is 14.7. The van der Waals surface area contributed by atoms with Crippen LogP contribution >= 0.6 is 0 Å². The maximum atomic E-state index is 14.7. The van der Waals surface area contributed by atoms with Gasteiger partial charge in [-0.05, 0) is 117 Å². The van der Waals surface area contributed by atoms with Gasteiger partial charge in [0.2, 0.25) is 53.2 Å². The van der Waals surface area contributed by atoms with Crippen LogP contribution in [0.15, 0.2) is 64.7 Å². The molecule has 0 saturated heterocycles. The number of nitrogens with one attached hydrogen (secondary N) is 10. The molecule has 9 atom stereocenters. The summed E-state index contributed by atoms with van der Waals surface area (Å²) in [6.07, 6.45) is 2.73. The molecule has 2 aromatic carbocycles. The van der Waals surface area contributed by atoms with Crippen LogP contribution < -0.4 is 76.5 Å². The van der Waals surface area contributed by atoms with Crippen molar-refractivity contribution in [2.75, 3.05) is 19.6 Å². The Morgan fingerprint density at radius 3 is 1.27 bits per heavy atom. The first kappa shape index (κ1) is 78.2. The third-order valence-corrected chi connectivity index (χ3v) is 14.7. The lowest BCUT2D eigenvalue weighted by Gasteiger charge is -2.29. The highest BCUT2D eigenvalue weighted by Gasteiger charge is 2.36. The molecule has 0 fully saturated rings. The third kappa shape index (κ3) is 29.4. The first-order valence-electron chi connectivity index (χ1n) is 31.8. The van der Waals surface area contributed by atoms with Gasteiger partial charge in [0.15, 0.2) is 11.9 Å². The Labute approximate surface area is 544 Å². The molecule has 29 heteroatoms. The number of aliphatic imine (C=N–C) groups is 2. The molecule has 0 saturated carbocycles. The number of carbonyl (C=O) groups is 10. The first-order valence-corrected chi connectivity index (χ1v) is 31.8. The topological polar surface area (TPSA) is 490 Å². The number of hydrogen-bond donors (Lipinski definition) is 17. The zero-order valence-electron chi connectivity index (χ0n) is 55.4. The van der Waals surface area contributed by atoms with Crippen LogP contribution in [0.2, 0.25) is 0 Å². The molecule has 0 aliphatic heterocycles. The number of H-pyrrole nitrogens is 1. The number of amides is 9. The fraction of sp³-hybridized carbons (Fsp3) is 0.594. The fourth-order valence-corrected chi connectivity index (χ4v) is 10.2. The minimum absolute atomic E-state index is 0.0290. The minimum atomic E-state index is -1.39. The number of carboxylic acid groups (broad SMARTS) is 1. The second-order valence-corrected chi connectivity index (χ2v) is 25.7. The van der Waals surface area contributed by atoms with Crippen LogP contribution in [0, 0.1) is 29.6 Å². The summed E-state index contributed by atoms with van der Waals surface area (Å²) in [7, 11) is 0. The quantitative estimate of drug-likeness (QED) is 0.0208. The summed E-state index contributed by atoms with van der Waals surface area (Å²) in [5.41, 5.74) is 30.1. The molecule has 1 heterocycles. The summed E-state index contributed by atoms with van der Waals surface area (Å²) in [6, 6.07) is 1.86. The predicted octanol–water partition coefficient (Wildman–Crippen LogP) is 0.403. The van der Waals surface area contributed by atoms with Gasteiger partial charge in [0.1, 0.15) is 54.1 Å². The van der Waals surface area contributed by atoms with E-state index in [1.165, 1.54) is 24.3 Å². The number of aromatic nitrogens is 1. The fourth-order valence-electron chi connectivity index (χ4n) is 10.2. The molecular weight excluding hydrogens is 1200 g/mol. The van der Waals surface area contributed by atoms with E-state index >= 15 is 0 Å². The van der Waals surface area contributed by atoms with Crippen LogP contribution in [0.3, 0.4) is 0 Å². The molecule has 516 valence electrons. The molecule has 3 aromatic rings. The lowest BCUT2D eigenvalue weighted by Crippen LogP contribution is -2.60. The van der Waals surface area contributed by atoms with Crippen molar-refractivity contribution in [3.05, 3.63) is 65.9 Å². The summed E-state index contributed by atoms with van der Waals surface area (Å²) >= 11 is 0. The van der Waals surface area contributed by atoms with Crippen molar-refractivity contribution in [3.8, 4) is 5.75 Å². The van der Waals surface area contributed by atoms with Crippen molar-refractivity contribution < 1.29 is 58.2 Å². The maximum Gasteiger partial charge on any atom is 0.326 e. The Bertz CT molecular complexity index is 3010. The molecular formula is C64H103N17O12. The summed E-state index contributed by atoms with van der Waals surface area (Å²) < 4.78 is 0. The van der Waals surface area contributed by atoms with Crippen molar-refractivity contribution in [2.45, 2.75) is 194 Å². The van der Waals surface area contributed by atoms with E-state index in [1.54, 1.807) is 12.3 Å². The number of aliphatic carboxylic acids is 1. The molecule has 0 radical (unpaired) electrons. The van der Waals surface area contributed by atoms with Crippen molar-refractivity contribution >= 4 is 82.0 Å². The Balaban J connectivity index is 1.92. The van der Waals surface area contributed by atoms with Gasteiger partial charge in [-0.15, -0.1) is 0 Å². The number of fused-ring (bicyclic) bond motifs is 1. The normalized spacial score (nSPS) is 14.3. The zero-order valence-corrected chi connectivity index (χ0v) is 55.4. The lowest BCUT2D eigenvalue weighted by atomic mass is 9.98. The summed E-state index contributed by atoms with van der Waals surface area (Å²) in [5, 5.41) is 44.7. The van der Waals surface area contributed by atoms with Gasteiger partial charge >= 0.3 is 5.97 Å². The number of benzene rings is 2. The minimum Gasteiger partial charge on any atom is -0.508 e. The molecule has 0 unspecified atom stereocenters. The van der Waals surface area contributed by atoms with Crippen LogP contribution in [0.1, 0.15) is 138 Å². The van der Waals surface area contributed by atoms with E-state index in [-0.39, 0.29) is 125 Å². The number of guanidine groups is 2. The molecule has 0 bridgehead atoms. The van der Waals surface area contributed by atoms with Crippen LogP contribution in [0.5, 0.6) is 5.75 Å². The van der Waals surface area contributed by atoms with Crippen molar-refractivity contribution in [2.24, 2.45) is 68.2 Å². The second-order valence-electron chi connectivity index (χ2n) is 25.7. The summed E-state index contributed by atoms with van der Waals surface area (Å²) in [6.45, 7) is 18.0. The smallest absolute Gasteiger partial charge is 0.326 e. The van der Waals surface area contributed by atoms with Gasteiger partial charge in [0, 0.05) is 43.0 Å². The van der Waals surface area contributed by atoms with E-state index in [9.17, 15) is 58.2 Å². The Hall–Kier alpha value is -9.02. The van der Waals surface area contributed by atoms with Gasteiger partial charge in [-0.25, -0.2) is 4.79 Å². The number of hydrogen-bond acceptors (Lipinski definition) is 14. The number of phenolic OH excluding ortho intramolecular Hbond substituents is 1. The van der Waals surface area contributed by atoms with Gasteiger partial charge < -0.3 is 91.7 Å². The Morgan fingerprint density at radius 2 is 0.849 bits per heavy atom. The summed E-state index contributed by atoms with van der Waals surface area (Å²) in [5.74, 6) is -9.18. The molecule has 0 spiro atoms.